The van der Waals surface area contributed by atoms with Crippen LogP contribution in [0.3, 0.4) is 0 Å². The monoisotopic (exact) mass is 373 g/mol. The Labute approximate surface area is 154 Å². The van der Waals surface area contributed by atoms with Crippen LogP contribution in [0.1, 0.15) is 24.1 Å². The second-order valence-corrected chi connectivity index (χ2v) is 6.93. The summed E-state index contributed by atoms with van der Waals surface area (Å²) in [6.45, 7) is 0.649. The number of aliphatic carboxylic acids is 1. The SMILES string of the molecule is O=C(Cc1csc(N2CCCC2=O)n1)N[C@H](Cc1ccccc1)C(=O)O. The average Bonchev–Trinajstić information content (AvgIpc) is 3.23. The first kappa shape index (κ1) is 18.1. The summed E-state index contributed by atoms with van der Waals surface area (Å²) in [5.41, 5.74) is 1.37. The van der Waals surface area contributed by atoms with Gasteiger partial charge in [-0.3, -0.25) is 14.5 Å². The Bertz CT molecular complexity index is 806. The number of thiazole rings is 1. The molecule has 7 nitrogen and oxygen atoms in total. The maximum atomic E-state index is 12.2. The first-order valence-corrected chi connectivity index (χ1v) is 9.22. The highest BCUT2D eigenvalue weighted by molar-refractivity contribution is 7.14. The van der Waals surface area contributed by atoms with Crippen molar-refractivity contribution in [3.8, 4) is 0 Å². The fraction of sp³-hybridized carbons (Fsp3) is 0.333. The summed E-state index contributed by atoms with van der Waals surface area (Å²) >= 11 is 1.32. The lowest BCUT2D eigenvalue weighted by Gasteiger charge is -2.14. The zero-order valence-corrected chi connectivity index (χ0v) is 14.9. The van der Waals surface area contributed by atoms with Gasteiger partial charge in [-0.15, -0.1) is 11.3 Å². The van der Waals surface area contributed by atoms with Crippen molar-refractivity contribution in [1.29, 1.82) is 0 Å². The van der Waals surface area contributed by atoms with E-state index in [9.17, 15) is 19.5 Å². The van der Waals surface area contributed by atoms with E-state index in [4.69, 9.17) is 0 Å². The van der Waals surface area contributed by atoms with E-state index in [1.165, 1.54) is 11.3 Å². The summed E-state index contributed by atoms with van der Waals surface area (Å²) < 4.78 is 0. The van der Waals surface area contributed by atoms with E-state index in [2.05, 4.69) is 10.3 Å². The minimum absolute atomic E-state index is 0.0168. The van der Waals surface area contributed by atoms with Crippen LogP contribution in [0, 0.1) is 0 Å². The molecule has 1 aromatic heterocycles. The Morgan fingerprint density at radius 3 is 2.73 bits per heavy atom. The van der Waals surface area contributed by atoms with Gasteiger partial charge >= 0.3 is 5.97 Å². The molecule has 1 aliphatic heterocycles. The maximum absolute atomic E-state index is 12.2. The zero-order valence-electron chi connectivity index (χ0n) is 14.1. The van der Waals surface area contributed by atoms with Crippen molar-refractivity contribution in [3.05, 3.63) is 47.0 Å². The smallest absolute Gasteiger partial charge is 0.326 e. The van der Waals surface area contributed by atoms with E-state index in [1.54, 1.807) is 10.3 Å². The number of carboxylic acids is 1. The van der Waals surface area contributed by atoms with Crippen LogP contribution in [0.2, 0.25) is 0 Å². The zero-order chi connectivity index (χ0) is 18.5. The fourth-order valence-electron chi connectivity index (χ4n) is 2.81. The number of benzene rings is 1. The van der Waals surface area contributed by atoms with Crippen LogP contribution in [-0.2, 0) is 27.2 Å². The van der Waals surface area contributed by atoms with Crippen LogP contribution in [0.25, 0.3) is 0 Å². The molecule has 136 valence electrons. The van der Waals surface area contributed by atoms with E-state index < -0.39 is 17.9 Å². The summed E-state index contributed by atoms with van der Waals surface area (Å²) in [6, 6.07) is 8.15. The molecule has 0 aliphatic carbocycles. The summed E-state index contributed by atoms with van der Waals surface area (Å²) in [4.78, 5) is 41.4. The van der Waals surface area contributed by atoms with Gasteiger partial charge in [-0.25, -0.2) is 9.78 Å². The largest absolute Gasteiger partial charge is 0.480 e. The molecule has 0 bridgehead atoms. The molecule has 2 aromatic rings. The van der Waals surface area contributed by atoms with Gasteiger partial charge in [-0.05, 0) is 12.0 Å². The lowest BCUT2D eigenvalue weighted by molar-refractivity contribution is -0.141. The number of anilines is 1. The van der Waals surface area contributed by atoms with Crippen molar-refractivity contribution < 1.29 is 19.5 Å². The molecule has 26 heavy (non-hydrogen) atoms. The molecule has 3 rings (SSSR count). The van der Waals surface area contributed by atoms with Crippen molar-refractivity contribution in [2.24, 2.45) is 0 Å². The molecular weight excluding hydrogens is 354 g/mol. The molecule has 8 heteroatoms. The molecule has 0 saturated carbocycles. The van der Waals surface area contributed by atoms with E-state index in [1.807, 2.05) is 30.3 Å². The van der Waals surface area contributed by atoms with Gasteiger partial charge in [0, 0.05) is 24.8 Å². The number of amides is 2. The Balaban J connectivity index is 1.59. The van der Waals surface area contributed by atoms with Crippen LogP contribution in [-0.4, -0.2) is 40.5 Å². The lowest BCUT2D eigenvalue weighted by atomic mass is 10.1. The second kappa shape index (κ2) is 8.09. The number of hydrogen-bond acceptors (Lipinski definition) is 5. The number of hydrogen-bond donors (Lipinski definition) is 2. The van der Waals surface area contributed by atoms with E-state index in [0.717, 1.165) is 12.0 Å². The third kappa shape index (κ3) is 4.45. The van der Waals surface area contributed by atoms with Gasteiger partial charge in [0.15, 0.2) is 5.13 Å². The van der Waals surface area contributed by atoms with Gasteiger partial charge < -0.3 is 10.4 Å². The van der Waals surface area contributed by atoms with Crippen LogP contribution in [0.4, 0.5) is 5.13 Å². The number of carbonyl (C=O) groups is 3. The summed E-state index contributed by atoms with van der Waals surface area (Å²) in [5, 5.41) is 14.2. The molecule has 0 unspecified atom stereocenters. The van der Waals surface area contributed by atoms with Gasteiger partial charge in [0.05, 0.1) is 12.1 Å². The Kier molecular flexibility index (Phi) is 5.62. The average molecular weight is 373 g/mol. The van der Waals surface area contributed by atoms with E-state index in [-0.39, 0.29) is 18.7 Å². The highest BCUT2D eigenvalue weighted by Crippen LogP contribution is 2.25. The Morgan fingerprint density at radius 2 is 2.08 bits per heavy atom. The first-order valence-electron chi connectivity index (χ1n) is 8.34. The molecule has 2 N–H and O–H groups in total. The topological polar surface area (TPSA) is 99.6 Å². The number of aromatic nitrogens is 1. The summed E-state index contributed by atoms with van der Waals surface area (Å²) in [7, 11) is 0. The number of carbonyl (C=O) groups excluding carboxylic acids is 2. The van der Waals surface area contributed by atoms with Crippen LogP contribution < -0.4 is 10.2 Å². The number of nitrogens with one attached hydrogen (secondary N) is 1. The maximum Gasteiger partial charge on any atom is 0.326 e. The molecule has 1 fully saturated rings. The quantitative estimate of drug-likeness (QED) is 0.768. The third-order valence-corrected chi connectivity index (χ3v) is 5.01. The van der Waals surface area contributed by atoms with Gasteiger partial charge in [-0.1, -0.05) is 30.3 Å². The predicted octanol–water partition coefficient (Wildman–Crippen LogP) is 1.62. The Hall–Kier alpha value is -2.74. The molecule has 1 saturated heterocycles. The molecule has 0 radical (unpaired) electrons. The fourth-order valence-corrected chi connectivity index (χ4v) is 3.68. The molecule has 0 spiro atoms. The first-order chi connectivity index (χ1) is 12.5. The second-order valence-electron chi connectivity index (χ2n) is 6.10. The molecular formula is C18H19N3O4S. The molecule has 1 aliphatic rings. The van der Waals surface area contributed by atoms with Gasteiger partial charge in [0.25, 0.3) is 0 Å². The van der Waals surface area contributed by atoms with Gasteiger partial charge in [0.1, 0.15) is 6.04 Å². The lowest BCUT2D eigenvalue weighted by Crippen LogP contribution is -2.43. The minimum Gasteiger partial charge on any atom is -0.480 e. The summed E-state index contributed by atoms with van der Waals surface area (Å²) in [6.07, 6.45) is 1.53. The van der Waals surface area contributed by atoms with Crippen molar-refractivity contribution in [1.82, 2.24) is 10.3 Å². The van der Waals surface area contributed by atoms with Crippen molar-refractivity contribution in [2.45, 2.75) is 31.7 Å². The molecule has 2 heterocycles. The minimum atomic E-state index is -1.08. The highest BCUT2D eigenvalue weighted by atomic mass is 32.1. The van der Waals surface area contributed by atoms with Crippen LogP contribution in [0.15, 0.2) is 35.7 Å². The van der Waals surface area contributed by atoms with Crippen molar-refractivity contribution >= 4 is 34.3 Å². The van der Waals surface area contributed by atoms with Crippen molar-refractivity contribution in [3.63, 3.8) is 0 Å². The van der Waals surface area contributed by atoms with Crippen LogP contribution >= 0.6 is 11.3 Å². The van der Waals surface area contributed by atoms with E-state index >= 15 is 0 Å². The van der Waals surface area contributed by atoms with Gasteiger partial charge in [0.2, 0.25) is 11.8 Å². The number of nitrogens with zero attached hydrogens (tertiary/aromatic N) is 2. The molecule has 1 atom stereocenters. The Morgan fingerprint density at radius 1 is 1.31 bits per heavy atom. The van der Waals surface area contributed by atoms with E-state index in [0.29, 0.717) is 23.8 Å². The third-order valence-electron chi connectivity index (χ3n) is 4.10. The number of rotatable bonds is 7. The molecule has 2 amide bonds. The highest BCUT2D eigenvalue weighted by Gasteiger charge is 2.25. The summed E-state index contributed by atoms with van der Waals surface area (Å²) in [5.74, 6) is -1.44. The standard InChI is InChI=1S/C18H19N3O4S/c22-15(20-14(17(24)25)9-12-5-2-1-3-6-12)10-13-11-26-18(19-13)21-8-4-7-16(21)23/h1-3,5-6,11,14H,4,7-10H2,(H,20,22)(H,24,25)/t14-/m1/s1. The van der Waals surface area contributed by atoms with Gasteiger partial charge in [-0.2, -0.15) is 0 Å². The van der Waals surface area contributed by atoms with Crippen molar-refractivity contribution in [2.75, 3.05) is 11.4 Å². The normalized spacial score (nSPS) is 15.1. The molecule has 1 aromatic carbocycles. The predicted molar refractivity (Wildman–Crippen MR) is 97.1 cm³/mol. The number of carboxylic acid groups (broad SMARTS) is 1. The van der Waals surface area contributed by atoms with Crippen LogP contribution in [0.5, 0.6) is 0 Å².